The molecule has 166 valence electrons. The predicted molar refractivity (Wildman–Crippen MR) is 122 cm³/mol. The van der Waals surface area contributed by atoms with E-state index in [2.05, 4.69) is 28.6 Å². The minimum atomic E-state index is -0.605. The highest BCUT2D eigenvalue weighted by Gasteiger charge is 2.39. The number of benzene rings is 2. The van der Waals surface area contributed by atoms with Crippen LogP contribution in [0.5, 0.6) is 0 Å². The van der Waals surface area contributed by atoms with E-state index in [1.807, 2.05) is 36.1 Å². The molecule has 1 fully saturated rings. The Balaban J connectivity index is 1.37. The maximum Gasteiger partial charge on any atom is 0.255 e. The molecule has 1 N–H and O–H groups in total. The zero-order chi connectivity index (χ0) is 22.7. The lowest BCUT2D eigenvalue weighted by molar-refractivity contribution is -0.136. The van der Waals surface area contributed by atoms with E-state index in [0.717, 1.165) is 35.2 Å². The molecule has 3 aromatic rings. The second kappa shape index (κ2) is 7.40. The lowest BCUT2D eigenvalue weighted by Crippen LogP contribution is -2.52. The van der Waals surface area contributed by atoms with Gasteiger partial charge in [-0.15, -0.1) is 0 Å². The summed E-state index contributed by atoms with van der Waals surface area (Å²) in [5.74, 6) is -0.822. The van der Waals surface area contributed by atoms with Gasteiger partial charge in [-0.05, 0) is 60.1 Å². The van der Waals surface area contributed by atoms with Crippen LogP contribution in [0.3, 0.4) is 0 Å². The van der Waals surface area contributed by atoms with Crippen LogP contribution in [0.15, 0.2) is 42.6 Å². The molecule has 7 nitrogen and oxygen atoms in total. The Morgan fingerprint density at radius 2 is 1.85 bits per heavy atom. The zero-order valence-electron chi connectivity index (χ0n) is 18.4. The Morgan fingerprint density at radius 1 is 0.970 bits per heavy atom. The highest BCUT2D eigenvalue weighted by Crippen LogP contribution is 2.39. The van der Waals surface area contributed by atoms with Crippen molar-refractivity contribution in [1.29, 1.82) is 0 Å². The highest BCUT2D eigenvalue weighted by molar-refractivity contribution is 6.05. The summed E-state index contributed by atoms with van der Waals surface area (Å²) in [6.45, 7) is 0.366. The minimum absolute atomic E-state index is 0.154. The van der Waals surface area contributed by atoms with Crippen LogP contribution in [0, 0.1) is 0 Å². The number of carbonyl (C=O) groups excluding carboxylic acids is 3. The number of aromatic nitrogens is 2. The first-order valence-corrected chi connectivity index (χ1v) is 11.4. The smallest absolute Gasteiger partial charge is 0.255 e. The van der Waals surface area contributed by atoms with Gasteiger partial charge in [0.2, 0.25) is 11.8 Å². The van der Waals surface area contributed by atoms with Crippen molar-refractivity contribution in [2.24, 2.45) is 7.05 Å². The minimum Gasteiger partial charge on any atom is -0.322 e. The molecule has 1 saturated heterocycles. The molecule has 0 saturated carbocycles. The summed E-state index contributed by atoms with van der Waals surface area (Å²) in [5.41, 5.74) is 8.69. The standard InChI is InChI=1S/C26H24N4O3/c1-29-24(20-7-3-5-15-4-2-6-18(15)20)21(13-27-29)16-8-9-19-17(12-16)14-30(26(19)33)22-10-11-23(31)28-25(22)32/h3,5,7-9,12-13,22H,2,4,6,10-11,14H2,1H3,(H,28,31,32)/t22-/m0/s1. The SMILES string of the molecule is Cn1ncc(-c2ccc3c(c2)CN([C@H]2CCC(=O)NC2=O)C3=O)c1-c1cccc2c1CCC2. The van der Waals surface area contributed by atoms with E-state index < -0.39 is 6.04 Å². The lowest BCUT2D eigenvalue weighted by atomic mass is 9.94. The quantitative estimate of drug-likeness (QED) is 0.635. The van der Waals surface area contributed by atoms with E-state index in [-0.39, 0.29) is 24.1 Å². The van der Waals surface area contributed by atoms with Crippen LogP contribution in [-0.4, -0.2) is 38.4 Å². The van der Waals surface area contributed by atoms with Gasteiger partial charge in [0, 0.05) is 36.7 Å². The fraction of sp³-hybridized carbons (Fsp3) is 0.308. The van der Waals surface area contributed by atoms with Crippen LogP contribution in [-0.2, 0) is 36.0 Å². The first-order valence-electron chi connectivity index (χ1n) is 11.4. The summed E-state index contributed by atoms with van der Waals surface area (Å²) < 4.78 is 1.93. The number of piperidine rings is 1. The van der Waals surface area contributed by atoms with Gasteiger partial charge < -0.3 is 4.90 Å². The van der Waals surface area contributed by atoms with E-state index >= 15 is 0 Å². The Labute approximate surface area is 191 Å². The topological polar surface area (TPSA) is 84.3 Å². The van der Waals surface area contributed by atoms with E-state index in [0.29, 0.717) is 18.5 Å². The first-order chi connectivity index (χ1) is 16.0. The Bertz CT molecular complexity index is 1340. The van der Waals surface area contributed by atoms with Gasteiger partial charge in [0.1, 0.15) is 6.04 Å². The van der Waals surface area contributed by atoms with Crippen LogP contribution in [0.2, 0.25) is 0 Å². The van der Waals surface area contributed by atoms with Crippen molar-refractivity contribution in [1.82, 2.24) is 20.0 Å². The number of hydrogen-bond acceptors (Lipinski definition) is 4. The molecule has 1 atom stereocenters. The number of imide groups is 1. The second-order valence-corrected chi connectivity index (χ2v) is 9.10. The largest absolute Gasteiger partial charge is 0.322 e. The molecule has 0 radical (unpaired) electrons. The fourth-order valence-corrected chi connectivity index (χ4v) is 5.55. The molecule has 33 heavy (non-hydrogen) atoms. The van der Waals surface area contributed by atoms with Gasteiger partial charge in [-0.25, -0.2) is 0 Å². The molecule has 0 spiro atoms. The predicted octanol–water partition coefficient (Wildman–Crippen LogP) is 3.00. The average molecular weight is 441 g/mol. The van der Waals surface area contributed by atoms with Crippen LogP contribution in [0.4, 0.5) is 0 Å². The number of fused-ring (bicyclic) bond motifs is 2. The molecule has 2 aromatic carbocycles. The Kier molecular flexibility index (Phi) is 4.47. The van der Waals surface area contributed by atoms with E-state index in [1.54, 1.807) is 4.90 Å². The van der Waals surface area contributed by atoms with Crippen LogP contribution in [0.1, 0.15) is 46.3 Å². The van der Waals surface area contributed by atoms with Gasteiger partial charge in [-0.3, -0.25) is 24.4 Å². The van der Waals surface area contributed by atoms with Gasteiger partial charge in [0.25, 0.3) is 5.91 Å². The molecule has 3 amide bonds. The molecule has 3 aliphatic rings. The van der Waals surface area contributed by atoms with Crippen molar-refractivity contribution >= 4 is 17.7 Å². The monoisotopic (exact) mass is 440 g/mol. The number of carbonyl (C=O) groups is 3. The van der Waals surface area contributed by atoms with Gasteiger partial charge in [-0.1, -0.05) is 24.3 Å². The zero-order valence-corrected chi connectivity index (χ0v) is 18.4. The molecule has 2 aliphatic heterocycles. The fourth-order valence-electron chi connectivity index (χ4n) is 5.55. The summed E-state index contributed by atoms with van der Waals surface area (Å²) >= 11 is 0. The van der Waals surface area contributed by atoms with Gasteiger partial charge in [0.15, 0.2) is 0 Å². The summed E-state index contributed by atoms with van der Waals surface area (Å²) in [6, 6.07) is 11.8. The maximum atomic E-state index is 13.0. The Morgan fingerprint density at radius 3 is 2.70 bits per heavy atom. The molecular weight excluding hydrogens is 416 g/mol. The van der Waals surface area contributed by atoms with Crippen molar-refractivity contribution in [3.8, 4) is 22.4 Å². The molecular formula is C26H24N4O3. The number of rotatable bonds is 3. The number of nitrogens with one attached hydrogen (secondary N) is 1. The normalized spacial score (nSPS) is 19.6. The molecule has 1 aromatic heterocycles. The molecule has 3 heterocycles. The molecule has 1 aliphatic carbocycles. The van der Waals surface area contributed by atoms with Crippen LogP contribution < -0.4 is 5.32 Å². The number of amides is 3. The number of nitrogens with zero attached hydrogens (tertiary/aromatic N) is 3. The van der Waals surface area contributed by atoms with Crippen LogP contribution in [0.25, 0.3) is 22.4 Å². The van der Waals surface area contributed by atoms with Gasteiger partial charge in [0.05, 0.1) is 11.9 Å². The van der Waals surface area contributed by atoms with Crippen molar-refractivity contribution in [2.45, 2.75) is 44.7 Å². The van der Waals surface area contributed by atoms with Crippen molar-refractivity contribution in [3.05, 3.63) is 64.8 Å². The van der Waals surface area contributed by atoms with Crippen molar-refractivity contribution in [2.75, 3.05) is 0 Å². The average Bonchev–Trinajstić information content (AvgIpc) is 3.51. The third kappa shape index (κ3) is 3.10. The maximum absolute atomic E-state index is 13.0. The van der Waals surface area contributed by atoms with Crippen molar-refractivity contribution in [3.63, 3.8) is 0 Å². The summed E-state index contributed by atoms with van der Waals surface area (Å²) in [5, 5.41) is 6.92. The van der Waals surface area contributed by atoms with E-state index in [9.17, 15) is 14.4 Å². The van der Waals surface area contributed by atoms with Gasteiger partial charge in [-0.2, -0.15) is 5.10 Å². The third-order valence-corrected chi connectivity index (χ3v) is 7.17. The van der Waals surface area contributed by atoms with E-state index in [4.69, 9.17) is 0 Å². The first kappa shape index (κ1) is 19.9. The van der Waals surface area contributed by atoms with Crippen LogP contribution >= 0.6 is 0 Å². The number of hydrogen-bond donors (Lipinski definition) is 1. The lowest BCUT2D eigenvalue weighted by Gasteiger charge is -2.29. The highest BCUT2D eigenvalue weighted by atomic mass is 16.2. The van der Waals surface area contributed by atoms with Crippen molar-refractivity contribution < 1.29 is 14.4 Å². The molecule has 7 heteroatoms. The second-order valence-electron chi connectivity index (χ2n) is 9.10. The molecule has 0 unspecified atom stereocenters. The molecule has 6 rings (SSSR count). The summed E-state index contributed by atoms with van der Waals surface area (Å²) in [4.78, 5) is 38.5. The number of aryl methyl sites for hydroxylation is 2. The van der Waals surface area contributed by atoms with Gasteiger partial charge >= 0.3 is 0 Å². The van der Waals surface area contributed by atoms with E-state index in [1.165, 1.54) is 23.1 Å². The molecule has 0 bridgehead atoms. The summed E-state index contributed by atoms with van der Waals surface area (Å²) in [7, 11) is 1.97. The third-order valence-electron chi connectivity index (χ3n) is 7.17. The Hall–Kier alpha value is -3.74. The summed E-state index contributed by atoms with van der Waals surface area (Å²) in [6.07, 6.45) is 5.88.